The third kappa shape index (κ3) is 5.19. The first-order chi connectivity index (χ1) is 15.2. The van der Waals surface area contributed by atoms with Crippen LogP contribution in [0.1, 0.15) is 50.0 Å². The molecule has 1 aromatic carbocycles. The zero-order valence-electron chi connectivity index (χ0n) is 18.6. The van der Waals surface area contributed by atoms with E-state index in [9.17, 15) is 14.9 Å². The number of hydrogen-bond acceptors (Lipinski definition) is 6. The van der Waals surface area contributed by atoms with Crippen molar-refractivity contribution in [2.24, 2.45) is 5.41 Å². The molecule has 8 heteroatoms. The molecule has 0 fully saturated rings. The van der Waals surface area contributed by atoms with E-state index >= 15 is 0 Å². The monoisotopic (exact) mass is 430 g/mol. The van der Waals surface area contributed by atoms with Gasteiger partial charge < -0.3 is 15.6 Å². The van der Waals surface area contributed by atoms with Gasteiger partial charge in [-0.2, -0.15) is 5.26 Å². The maximum atomic E-state index is 12.7. The smallest absolute Gasteiger partial charge is 0.261 e. The number of aromatic nitrogens is 3. The third-order valence-electron chi connectivity index (χ3n) is 4.70. The molecule has 3 N–H and O–H groups in total. The highest BCUT2D eigenvalue weighted by Gasteiger charge is 2.26. The lowest BCUT2D eigenvalue weighted by Gasteiger charge is -2.15. The second-order valence-electron chi connectivity index (χ2n) is 8.41. The maximum Gasteiger partial charge on any atom is 0.261 e. The quantitative estimate of drug-likeness (QED) is 0.291. The lowest BCUT2D eigenvalue weighted by atomic mass is 9.87. The van der Waals surface area contributed by atoms with E-state index in [2.05, 4.69) is 25.6 Å². The van der Waals surface area contributed by atoms with Crippen LogP contribution in [0.15, 0.2) is 42.2 Å². The van der Waals surface area contributed by atoms with Gasteiger partial charge in [-0.3, -0.25) is 9.59 Å². The average Bonchev–Trinajstić information content (AvgIpc) is 3.18. The summed E-state index contributed by atoms with van der Waals surface area (Å²) >= 11 is 0. The normalized spacial score (nSPS) is 11.8. The van der Waals surface area contributed by atoms with Crippen molar-refractivity contribution in [1.82, 2.24) is 20.3 Å². The molecule has 0 unspecified atom stereocenters. The van der Waals surface area contributed by atoms with Crippen molar-refractivity contribution in [3.63, 3.8) is 0 Å². The van der Waals surface area contributed by atoms with E-state index in [0.717, 1.165) is 17.7 Å². The number of ketones is 1. The minimum absolute atomic E-state index is 0.0115. The van der Waals surface area contributed by atoms with Crippen LogP contribution in [-0.4, -0.2) is 33.2 Å². The number of rotatable bonds is 7. The number of hydrogen-bond donors (Lipinski definition) is 3. The van der Waals surface area contributed by atoms with Gasteiger partial charge >= 0.3 is 0 Å². The zero-order chi connectivity index (χ0) is 23.3. The lowest BCUT2D eigenvalue weighted by Crippen LogP contribution is -2.25. The predicted octanol–water partition coefficient (Wildman–Crippen LogP) is 4.36. The molecule has 0 aliphatic heterocycles. The van der Waals surface area contributed by atoms with E-state index in [4.69, 9.17) is 0 Å². The van der Waals surface area contributed by atoms with Crippen molar-refractivity contribution in [1.29, 1.82) is 5.26 Å². The highest BCUT2D eigenvalue weighted by atomic mass is 16.1. The number of benzene rings is 1. The van der Waals surface area contributed by atoms with Crippen LogP contribution in [-0.2, 0) is 4.79 Å². The van der Waals surface area contributed by atoms with Gasteiger partial charge in [0.25, 0.3) is 5.91 Å². The fourth-order valence-electron chi connectivity index (χ4n) is 2.99. The molecule has 2 aromatic heterocycles. The Labute approximate surface area is 186 Å². The van der Waals surface area contributed by atoms with Crippen LogP contribution >= 0.6 is 0 Å². The van der Waals surface area contributed by atoms with Gasteiger partial charge in [-0.1, -0.05) is 39.8 Å². The Morgan fingerprint density at radius 1 is 1.22 bits per heavy atom. The van der Waals surface area contributed by atoms with Crippen molar-refractivity contribution < 1.29 is 9.59 Å². The molecule has 0 bridgehead atoms. The Balaban J connectivity index is 1.79. The number of Topliss-reactive ketones (excluding diaryl/α,β-unsaturated/α-hetero) is 1. The largest absolute Gasteiger partial charge is 0.351 e. The molecule has 0 aliphatic rings. The Hall–Kier alpha value is -3.99. The van der Waals surface area contributed by atoms with Gasteiger partial charge in [-0.15, -0.1) is 0 Å². The number of amides is 1. The molecule has 3 aromatic rings. The van der Waals surface area contributed by atoms with Gasteiger partial charge in [-0.05, 0) is 30.2 Å². The van der Waals surface area contributed by atoms with Crippen molar-refractivity contribution in [3.8, 4) is 6.07 Å². The lowest BCUT2D eigenvalue weighted by molar-refractivity contribution is -0.117. The number of fused-ring (bicyclic) bond motifs is 1. The number of carbonyl (C=O) groups is 2. The number of H-pyrrole nitrogens is 1. The minimum Gasteiger partial charge on any atom is -0.351 e. The standard InChI is InChI=1S/C24H26N6O2/c1-5-10-26-23(32)16(12-25)11-15-6-8-17(9-7-15)29-19-14-28-22-20(30-19)18(13-27-22)21(31)24(2,3)4/h6-9,11,13-14H,5,10H2,1-4H3,(H,26,32)(H,27,28)(H,29,30)/b16-11-. The van der Waals surface area contributed by atoms with E-state index in [1.54, 1.807) is 30.6 Å². The van der Waals surface area contributed by atoms with Crippen LogP contribution < -0.4 is 10.6 Å². The summed E-state index contributed by atoms with van der Waals surface area (Å²) in [6, 6.07) is 9.16. The summed E-state index contributed by atoms with van der Waals surface area (Å²) in [7, 11) is 0. The molecule has 8 nitrogen and oxygen atoms in total. The van der Waals surface area contributed by atoms with Crippen molar-refractivity contribution in [2.45, 2.75) is 34.1 Å². The molecule has 3 rings (SSSR count). The number of carbonyl (C=O) groups excluding carboxylic acids is 2. The molecule has 0 atom stereocenters. The van der Waals surface area contributed by atoms with Crippen molar-refractivity contribution >= 4 is 40.4 Å². The summed E-state index contributed by atoms with van der Waals surface area (Å²) in [4.78, 5) is 36.6. The Kier molecular flexibility index (Phi) is 6.69. The molecular formula is C24H26N6O2. The van der Waals surface area contributed by atoms with Crippen LogP contribution in [0.4, 0.5) is 11.5 Å². The van der Waals surface area contributed by atoms with Crippen LogP contribution in [0.25, 0.3) is 17.2 Å². The summed E-state index contributed by atoms with van der Waals surface area (Å²) in [5.41, 5.74) is 2.58. The highest BCUT2D eigenvalue weighted by molar-refractivity contribution is 6.08. The second-order valence-corrected chi connectivity index (χ2v) is 8.41. The first-order valence-electron chi connectivity index (χ1n) is 10.4. The van der Waals surface area contributed by atoms with E-state index in [1.807, 2.05) is 45.9 Å². The first kappa shape index (κ1) is 22.7. The Bertz CT molecular complexity index is 1210. The van der Waals surface area contributed by atoms with E-state index in [-0.39, 0.29) is 17.3 Å². The molecule has 1 amide bonds. The third-order valence-corrected chi connectivity index (χ3v) is 4.70. The summed E-state index contributed by atoms with van der Waals surface area (Å²) < 4.78 is 0. The molecule has 2 heterocycles. The second kappa shape index (κ2) is 9.43. The fraction of sp³-hybridized carbons (Fsp3) is 0.292. The fourth-order valence-corrected chi connectivity index (χ4v) is 2.99. The van der Waals surface area contributed by atoms with Gasteiger partial charge in [0.05, 0.1) is 11.8 Å². The van der Waals surface area contributed by atoms with Crippen molar-refractivity contribution in [2.75, 3.05) is 11.9 Å². The summed E-state index contributed by atoms with van der Waals surface area (Å²) in [5, 5.41) is 15.1. The topological polar surface area (TPSA) is 124 Å². The molecule has 0 spiro atoms. The number of nitrogens with zero attached hydrogens (tertiary/aromatic N) is 3. The molecule has 0 aliphatic carbocycles. The van der Waals surface area contributed by atoms with Gasteiger partial charge in [0, 0.05) is 23.8 Å². The molecule has 164 valence electrons. The average molecular weight is 431 g/mol. The van der Waals surface area contributed by atoms with Gasteiger partial charge in [0.1, 0.15) is 23.0 Å². The van der Waals surface area contributed by atoms with Crippen molar-refractivity contribution in [3.05, 3.63) is 53.4 Å². The van der Waals surface area contributed by atoms with E-state index < -0.39 is 5.41 Å². The minimum atomic E-state index is -0.528. The number of anilines is 2. The Morgan fingerprint density at radius 3 is 2.56 bits per heavy atom. The maximum absolute atomic E-state index is 12.7. The van der Waals surface area contributed by atoms with Gasteiger partial charge in [0.15, 0.2) is 11.4 Å². The van der Waals surface area contributed by atoms with Crippen LogP contribution in [0.5, 0.6) is 0 Å². The number of nitrogens with one attached hydrogen (secondary N) is 3. The summed E-state index contributed by atoms with van der Waals surface area (Å²) in [5.74, 6) is 0.106. The van der Waals surface area contributed by atoms with Crippen LogP contribution in [0.3, 0.4) is 0 Å². The van der Waals surface area contributed by atoms with E-state index in [0.29, 0.717) is 29.1 Å². The molecular weight excluding hydrogens is 404 g/mol. The van der Waals surface area contributed by atoms with Crippen LogP contribution in [0.2, 0.25) is 0 Å². The van der Waals surface area contributed by atoms with Gasteiger partial charge in [0.2, 0.25) is 0 Å². The van der Waals surface area contributed by atoms with E-state index in [1.165, 1.54) is 0 Å². The number of aromatic amines is 1. The molecule has 0 saturated carbocycles. The summed E-state index contributed by atoms with van der Waals surface area (Å²) in [6.07, 6.45) is 5.58. The van der Waals surface area contributed by atoms with Gasteiger partial charge in [-0.25, -0.2) is 9.97 Å². The summed E-state index contributed by atoms with van der Waals surface area (Å²) in [6.45, 7) is 8.07. The molecule has 0 saturated heterocycles. The molecule has 32 heavy (non-hydrogen) atoms. The number of nitriles is 1. The highest BCUT2D eigenvalue weighted by Crippen LogP contribution is 2.26. The van der Waals surface area contributed by atoms with Crippen LogP contribution in [0, 0.1) is 16.7 Å². The molecule has 0 radical (unpaired) electrons. The first-order valence-corrected chi connectivity index (χ1v) is 10.4. The SMILES string of the molecule is CCCNC(=O)/C(C#N)=C\c1ccc(Nc2cnc3[nH]cc(C(=O)C(C)(C)C)c3n2)cc1. The zero-order valence-corrected chi connectivity index (χ0v) is 18.6. The Morgan fingerprint density at radius 2 is 1.94 bits per heavy atom. The predicted molar refractivity (Wildman–Crippen MR) is 124 cm³/mol.